The number of amides is 1. The highest BCUT2D eigenvalue weighted by atomic mass is 79.9. The maximum atomic E-state index is 12.3. The van der Waals surface area contributed by atoms with Crippen LogP contribution in [-0.4, -0.2) is 33.2 Å². The molecule has 0 saturated carbocycles. The normalized spacial score (nSPS) is 10.4. The van der Waals surface area contributed by atoms with Crippen LogP contribution < -0.4 is 5.32 Å². The van der Waals surface area contributed by atoms with Gasteiger partial charge in [-0.15, -0.1) is 0 Å². The predicted octanol–water partition coefficient (Wildman–Crippen LogP) is 3.46. The molecule has 0 unspecified atom stereocenters. The lowest BCUT2D eigenvalue weighted by Gasteiger charge is -2.08. The number of nitrogens with one attached hydrogen (secondary N) is 1. The van der Waals surface area contributed by atoms with Crippen molar-refractivity contribution in [1.29, 1.82) is 0 Å². The molecular formula is C18H15BrN4O3. The average molecular weight is 415 g/mol. The van der Waals surface area contributed by atoms with Crippen molar-refractivity contribution in [3.63, 3.8) is 0 Å². The number of carbonyl (C=O) groups excluding carboxylic acids is 2. The van der Waals surface area contributed by atoms with E-state index in [1.807, 2.05) is 6.07 Å². The topological polar surface area (TPSA) is 86.1 Å². The molecule has 0 aliphatic heterocycles. The lowest BCUT2D eigenvalue weighted by Crippen LogP contribution is -2.12. The first kappa shape index (κ1) is 17.8. The van der Waals surface area contributed by atoms with Crippen LogP contribution in [0.3, 0.4) is 0 Å². The summed E-state index contributed by atoms with van der Waals surface area (Å²) in [6.45, 7) is 2.03. The molecule has 0 fully saturated rings. The van der Waals surface area contributed by atoms with Crippen LogP contribution in [0.15, 0.2) is 59.5 Å². The molecule has 132 valence electrons. The van der Waals surface area contributed by atoms with E-state index < -0.39 is 5.97 Å². The summed E-state index contributed by atoms with van der Waals surface area (Å²) in [5.41, 5.74) is 1.96. The zero-order valence-corrected chi connectivity index (χ0v) is 15.4. The lowest BCUT2D eigenvalue weighted by atomic mass is 10.2. The van der Waals surface area contributed by atoms with Crippen molar-refractivity contribution in [2.24, 2.45) is 0 Å². The number of esters is 1. The number of anilines is 1. The Kier molecular flexibility index (Phi) is 5.43. The predicted molar refractivity (Wildman–Crippen MR) is 99.4 cm³/mol. The van der Waals surface area contributed by atoms with Crippen molar-refractivity contribution < 1.29 is 14.3 Å². The summed E-state index contributed by atoms with van der Waals surface area (Å²) in [6, 6.07) is 10.4. The van der Waals surface area contributed by atoms with Crippen LogP contribution in [-0.2, 0) is 4.74 Å². The Balaban J connectivity index is 1.78. The van der Waals surface area contributed by atoms with E-state index in [0.29, 0.717) is 16.9 Å². The number of hydrogen-bond donors (Lipinski definition) is 1. The van der Waals surface area contributed by atoms with E-state index >= 15 is 0 Å². The van der Waals surface area contributed by atoms with Crippen molar-refractivity contribution >= 4 is 33.5 Å². The van der Waals surface area contributed by atoms with Crippen molar-refractivity contribution in [2.75, 3.05) is 11.9 Å². The van der Waals surface area contributed by atoms with E-state index in [1.54, 1.807) is 54.3 Å². The number of halogens is 1. The SMILES string of the molecule is CCOC(=O)c1ccn(-c2cccc(NC(=O)c3cncc(Br)c3)c2)n1. The first-order chi connectivity index (χ1) is 12.6. The molecule has 1 amide bonds. The molecule has 1 N–H and O–H groups in total. The number of aromatic nitrogens is 3. The zero-order valence-electron chi connectivity index (χ0n) is 13.8. The van der Waals surface area contributed by atoms with E-state index in [9.17, 15) is 9.59 Å². The fraction of sp³-hybridized carbons (Fsp3) is 0.111. The fourth-order valence-corrected chi connectivity index (χ4v) is 2.61. The Morgan fingerprint density at radius 2 is 2.08 bits per heavy atom. The highest BCUT2D eigenvalue weighted by molar-refractivity contribution is 9.10. The van der Waals surface area contributed by atoms with Crippen LogP contribution in [0, 0.1) is 0 Å². The van der Waals surface area contributed by atoms with E-state index in [-0.39, 0.29) is 18.2 Å². The molecule has 0 aliphatic carbocycles. The van der Waals surface area contributed by atoms with Crippen LogP contribution in [0.5, 0.6) is 0 Å². The number of hydrogen-bond acceptors (Lipinski definition) is 5. The van der Waals surface area contributed by atoms with E-state index in [4.69, 9.17) is 4.74 Å². The van der Waals surface area contributed by atoms with Gasteiger partial charge in [-0.3, -0.25) is 9.78 Å². The molecular weight excluding hydrogens is 400 g/mol. The van der Waals surface area contributed by atoms with Gasteiger partial charge in [-0.1, -0.05) is 6.07 Å². The monoisotopic (exact) mass is 414 g/mol. The van der Waals surface area contributed by atoms with Gasteiger partial charge in [0.05, 0.1) is 17.9 Å². The maximum Gasteiger partial charge on any atom is 0.358 e. The van der Waals surface area contributed by atoms with Crippen molar-refractivity contribution in [1.82, 2.24) is 14.8 Å². The first-order valence-electron chi connectivity index (χ1n) is 7.82. The third-order valence-corrected chi connectivity index (χ3v) is 3.84. The summed E-state index contributed by atoms with van der Waals surface area (Å²) in [5.74, 6) is -0.749. The van der Waals surface area contributed by atoms with Gasteiger partial charge in [-0.2, -0.15) is 5.10 Å². The van der Waals surface area contributed by atoms with E-state index in [1.165, 1.54) is 6.20 Å². The molecule has 3 rings (SSSR count). The largest absolute Gasteiger partial charge is 0.461 e. The van der Waals surface area contributed by atoms with Crippen molar-refractivity contribution in [3.05, 3.63) is 70.7 Å². The highest BCUT2D eigenvalue weighted by Crippen LogP contribution is 2.17. The molecule has 0 saturated heterocycles. The molecule has 0 aliphatic rings. The van der Waals surface area contributed by atoms with Crippen LogP contribution in [0.1, 0.15) is 27.8 Å². The molecule has 26 heavy (non-hydrogen) atoms. The van der Waals surface area contributed by atoms with E-state index in [0.717, 1.165) is 4.47 Å². The lowest BCUT2D eigenvalue weighted by molar-refractivity contribution is 0.0519. The van der Waals surface area contributed by atoms with Crippen LogP contribution in [0.2, 0.25) is 0 Å². The summed E-state index contributed by atoms with van der Waals surface area (Å²) in [5, 5.41) is 7.02. The minimum Gasteiger partial charge on any atom is -0.461 e. The van der Waals surface area contributed by atoms with Gasteiger partial charge in [0.2, 0.25) is 0 Å². The molecule has 0 atom stereocenters. The summed E-state index contributed by atoms with van der Waals surface area (Å²) < 4.78 is 7.20. The van der Waals surface area contributed by atoms with Crippen LogP contribution in [0.25, 0.3) is 5.69 Å². The summed E-state index contributed by atoms with van der Waals surface area (Å²) in [7, 11) is 0. The molecule has 2 aromatic heterocycles. The Hall–Kier alpha value is -3.00. The summed E-state index contributed by atoms with van der Waals surface area (Å²) >= 11 is 3.29. The molecule has 0 spiro atoms. The van der Waals surface area contributed by atoms with Crippen LogP contribution >= 0.6 is 15.9 Å². The Bertz CT molecular complexity index is 955. The third kappa shape index (κ3) is 4.15. The van der Waals surface area contributed by atoms with Crippen molar-refractivity contribution in [2.45, 2.75) is 6.92 Å². The molecule has 2 heterocycles. The number of pyridine rings is 1. The van der Waals surface area contributed by atoms with Crippen LogP contribution in [0.4, 0.5) is 5.69 Å². The number of carbonyl (C=O) groups is 2. The maximum absolute atomic E-state index is 12.3. The molecule has 7 nitrogen and oxygen atoms in total. The second kappa shape index (κ2) is 7.92. The summed E-state index contributed by atoms with van der Waals surface area (Å²) in [4.78, 5) is 28.0. The Morgan fingerprint density at radius 1 is 1.23 bits per heavy atom. The second-order valence-electron chi connectivity index (χ2n) is 5.26. The number of benzene rings is 1. The Labute approximate surface area is 158 Å². The van der Waals surface area contributed by atoms with Gasteiger partial charge in [-0.25, -0.2) is 9.48 Å². The molecule has 0 radical (unpaired) electrons. The standard InChI is InChI=1S/C18H15BrN4O3/c1-2-26-18(25)16-6-7-23(22-16)15-5-3-4-14(9-15)21-17(24)12-8-13(19)11-20-10-12/h3-11H,2H2,1H3,(H,21,24). The number of ether oxygens (including phenoxy) is 1. The Morgan fingerprint density at radius 3 is 2.85 bits per heavy atom. The van der Waals surface area contributed by atoms with Gasteiger partial charge in [0.1, 0.15) is 0 Å². The van der Waals surface area contributed by atoms with Gasteiger partial charge in [0, 0.05) is 28.8 Å². The minimum absolute atomic E-state index is 0.224. The smallest absolute Gasteiger partial charge is 0.358 e. The van der Waals surface area contributed by atoms with Gasteiger partial charge >= 0.3 is 5.97 Å². The average Bonchev–Trinajstić information content (AvgIpc) is 3.12. The highest BCUT2D eigenvalue weighted by Gasteiger charge is 2.12. The molecule has 0 bridgehead atoms. The van der Waals surface area contributed by atoms with E-state index in [2.05, 4.69) is 31.3 Å². The van der Waals surface area contributed by atoms with Gasteiger partial charge in [0.15, 0.2) is 5.69 Å². The molecule has 1 aromatic carbocycles. The minimum atomic E-state index is -0.474. The van der Waals surface area contributed by atoms with Gasteiger partial charge < -0.3 is 10.1 Å². The second-order valence-corrected chi connectivity index (χ2v) is 6.18. The molecule has 8 heteroatoms. The summed E-state index contributed by atoms with van der Waals surface area (Å²) in [6.07, 6.45) is 4.75. The third-order valence-electron chi connectivity index (χ3n) is 3.41. The van der Waals surface area contributed by atoms with Gasteiger partial charge in [0.25, 0.3) is 5.91 Å². The first-order valence-corrected chi connectivity index (χ1v) is 8.61. The number of nitrogens with zero attached hydrogens (tertiary/aromatic N) is 3. The quantitative estimate of drug-likeness (QED) is 0.645. The van der Waals surface area contributed by atoms with Gasteiger partial charge in [-0.05, 0) is 53.2 Å². The van der Waals surface area contributed by atoms with Crippen molar-refractivity contribution in [3.8, 4) is 5.69 Å². The zero-order chi connectivity index (χ0) is 18.5. The fourth-order valence-electron chi connectivity index (χ4n) is 2.25. The number of rotatable bonds is 5. The molecule has 3 aromatic rings.